The Kier molecular flexibility index (Phi) is 6.90. The molecule has 1 fully saturated rings. The smallest absolute Gasteiger partial charge is 0.450 e. The van der Waals surface area contributed by atoms with Crippen molar-refractivity contribution in [1.82, 2.24) is 14.9 Å². The minimum atomic E-state index is -4.91. The summed E-state index contributed by atoms with van der Waals surface area (Å²) in [4.78, 5) is 34.0. The van der Waals surface area contributed by atoms with Crippen LogP contribution in [0, 0.1) is 0 Å². The molecule has 1 saturated heterocycles. The highest BCUT2D eigenvalue weighted by Gasteiger charge is 2.42. The van der Waals surface area contributed by atoms with Gasteiger partial charge in [0.2, 0.25) is 11.7 Å². The molecule has 1 unspecified atom stereocenters. The van der Waals surface area contributed by atoms with Crippen LogP contribution in [0.4, 0.5) is 29.5 Å². The zero-order valence-electron chi connectivity index (χ0n) is 18.6. The summed E-state index contributed by atoms with van der Waals surface area (Å²) in [5.74, 6) is -2.38. The molecule has 2 N–H and O–H groups in total. The first kappa shape index (κ1) is 24.0. The van der Waals surface area contributed by atoms with Crippen molar-refractivity contribution in [2.24, 2.45) is 0 Å². The molecule has 184 valence electrons. The maximum Gasteiger partial charge on any atom is 0.452 e. The van der Waals surface area contributed by atoms with Gasteiger partial charge in [0, 0.05) is 24.7 Å². The Morgan fingerprint density at radius 1 is 1.20 bits per heavy atom. The predicted molar refractivity (Wildman–Crippen MR) is 120 cm³/mol. The van der Waals surface area contributed by atoms with E-state index in [1.54, 1.807) is 36.1 Å². The fourth-order valence-electron chi connectivity index (χ4n) is 3.58. The molecule has 3 heterocycles. The zero-order chi connectivity index (χ0) is 25.0. The van der Waals surface area contributed by atoms with Gasteiger partial charge in [0.25, 0.3) is 5.91 Å². The second kappa shape index (κ2) is 10.0. The Morgan fingerprint density at radius 2 is 1.97 bits per heavy atom. The number of ether oxygens (including phenoxy) is 1. The van der Waals surface area contributed by atoms with Gasteiger partial charge in [-0.2, -0.15) is 13.2 Å². The normalized spacial score (nSPS) is 15.7. The summed E-state index contributed by atoms with van der Waals surface area (Å²) in [5, 5.41) is 5.55. The topological polar surface area (TPSA) is 110 Å². The molecule has 35 heavy (non-hydrogen) atoms. The molecule has 1 aliphatic rings. The lowest BCUT2D eigenvalue weighted by Gasteiger charge is -2.16. The third-order valence-corrected chi connectivity index (χ3v) is 5.21. The lowest BCUT2D eigenvalue weighted by atomic mass is 10.2. The van der Waals surface area contributed by atoms with Gasteiger partial charge in [-0.15, -0.1) is 0 Å². The van der Waals surface area contributed by atoms with Gasteiger partial charge in [-0.1, -0.05) is 18.2 Å². The van der Waals surface area contributed by atoms with Crippen molar-refractivity contribution in [2.45, 2.75) is 25.6 Å². The summed E-state index contributed by atoms with van der Waals surface area (Å²) in [7, 11) is 0. The summed E-state index contributed by atoms with van der Waals surface area (Å²) in [6, 6.07) is 11.0. The highest BCUT2D eigenvalue weighted by Crippen LogP contribution is 2.35. The summed E-state index contributed by atoms with van der Waals surface area (Å²) in [6.07, 6.45) is -3.26. The number of anilines is 2. The number of halogens is 3. The highest BCUT2D eigenvalue weighted by molar-refractivity contribution is 6.04. The molecule has 0 aliphatic carbocycles. The van der Waals surface area contributed by atoms with E-state index in [-0.39, 0.29) is 23.7 Å². The lowest BCUT2D eigenvalue weighted by molar-refractivity contribution is -0.153. The Bertz CT molecular complexity index is 1180. The molecule has 4 rings (SSSR count). The molecule has 0 saturated carbocycles. The van der Waals surface area contributed by atoms with Crippen molar-refractivity contribution in [3.8, 4) is 11.5 Å². The summed E-state index contributed by atoms with van der Waals surface area (Å²) < 4.78 is 50.3. The van der Waals surface area contributed by atoms with E-state index in [4.69, 9.17) is 9.15 Å². The monoisotopic (exact) mass is 489 g/mol. The van der Waals surface area contributed by atoms with Crippen molar-refractivity contribution < 1.29 is 31.9 Å². The van der Waals surface area contributed by atoms with Crippen LogP contribution in [0.3, 0.4) is 0 Å². The number of nitrogens with one attached hydrogen (secondary N) is 2. The van der Waals surface area contributed by atoms with Crippen LogP contribution in [0.2, 0.25) is 0 Å². The molecule has 0 bridgehead atoms. The number of pyridine rings is 1. The van der Waals surface area contributed by atoms with Crippen LogP contribution in [-0.2, 0) is 10.9 Å². The van der Waals surface area contributed by atoms with Crippen molar-refractivity contribution in [2.75, 3.05) is 30.3 Å². The average molecular weight is 489 g/mol. The average Bonchev–Trinajstić information content (AvgIpc) is 3.49. The SMILES string of the molecule is CCOC(=O)N1CCC(Nc2ccc(NC(=O)c3nc(-c4ccccc4)oc3C(F)(F)F)cn2)C1. The molecule has 2 amide bonds. The first-order valence-corrected chi connectivity index (χ1v) is 10.8. The number of nitrogens with zero attached hydrogens (tertiary/aromatic N) is 3. The molecule has 0 radical (unpaired) electrons. The molecular formula is C23H22F3N5O4. The van der Waals surface area contributed by atoms with E-state index in [0.717, 1.165) is 0 Å². The molecule has 1 aliphatic heterocycles. The van der Waals surface area contributed by atoms with Crippen LogP contribution in [0.1, 0.15) is 29.6 Å². The summed E-state index contributed by atoms with van der Waals surface area (Å²) >= 11 is 0. The number of oxazole rings is 1. The second-order valence-corrected chi connectivity index (χ2v) is 7.72. The number of hydrogen-bond acceptors (Lipinski definition) is 7. The van der Waals surface area contributed by atoms with Gasteiger partial charge in [0.15, 0.2) is 5.69 Å². The fraction of sp³-hybridized carbons (Fsp3) is 0.304. The van der Waals surface area contributed by atoms with E-state index in [1.165, 1.54) is 24.4 Å². The Morgan fingerprint density at radius 3 is 2.63 bits per heavy atom. The van der Waals surface area contributed by atoms with Gasteiger partial charge in [-0.05, 0) is 37.6 Å². The molecule has 2 aromatic heterocycles. The van der Waals surface area contributed by atoms with Gasteiger partial charge in [0.1, 0.15) is 5.82 Å². The van der Waals surface area contributed by atoms with E-state index in [1.807, 2.05) is 0 Å². The van der Waals surface area contributed by atoms with Gasteiger partial charge in [-0.25, -0.2) is 14.8 Å². The lowest BCUT2D eigenvalue weighted by Crippen LogP contribution is -2.32. The Labute approximate surface area is 198 Å². The largest absolute Gasteiger partial charge is 0.452 e. The van der Waals surface area contributed by atoms with Crippen molar-refractivity contribution in [3.63, 3.8) is 0 Å². The van der Waals surface area contributed by atoms with Crippen LogP contribution in [0.15, 0.2) is 53.1 Å². The predicted octanol–water partition coefficient (Wildman–Crippen LogP) is 4.65. The van der Waals surface area contributed by atoms with E-state index >= 15 is 0 Å². The van der Waals surface area contributed by atoms with Crippen molar-refractivity contribution in [3.05, 3.63) is 60.1 Å². The number of likely N-dealkylation sites (tertiary alicyclic amines) is 1. The Balaban J connectivity index is 1.42. The van der Waals surface area contributed by atoms with Crippen molar-refractivity contribution in [1.29, 1.82) is 0 Å². The van der Waals surface area contributed by atoms with Crippen LogP contribution in [0.25, 0.3) is 11.5 Å². The minimum Gasteiger partial charge on any atom is -0.450 e. The van der Waals surface area contributed by atoms with Gasteiger partial charge < -0.3 is 24.7 Å². The maximum absolute atomic E-state index is 13.5. The van der Waals surface area contributed by atoms with Crippen molar-refractivity contribution >= 4 is 23.5 Å². The van der Waals surface area contributed by atoms with E-state index in [0.29, 0.717) is 37.5 Å². The van der Waals surface area contributed by atoms with Crippen LogP contribution >= 0.6 is 0 Å². The fourth-order valence-corrected chi connectivity index (χ4v) is 3.58. The number of hydrogen-bond donors (Lipinski definition) is 2. The number of amides is 2. The van der Waals surface area contributed by atoms with Gasteiger partial charge in [-0.3, -0.25) is 4.79 Å². The van der Waals surface area contributed by atoms with E-state index < -0.39 is 23.5 Å². The Hall–Kier alpha value is -4.09. The first-order chi connectivity index (χ1) is 16.7. The highest BCUT2D eigenvalue weighted by atomic mass is 19.4. The second-order valence-electron chi connectivity index (χ2n) is 7.72. The van der Waals surface area contributed by atoms with Crippen LogP contribution in [-0.4, -0.2) is 52.6 Å². The molecule has 1 atom stereocenters. The number of alkyl halides is 3. The number of benzene rings is 1. The molecule has 0 spiro atoms. The van der Waals surface area contributed by atoms with Crippen LogP contribution in [0.5, 0.6) is 0 Å². The maximum atomic E-state index is 13.5. The number of carbonyl (C=O) groups is 2. The quantitative estimate of drug-likeness (QED) is 0.519. The number of carbonyl (C=O) groups excluding carboxylic acids is 2. The summed E-state index contributed by atoms with van der Waals surface area (Å²) in [6.45, 7) is 3.04. The van der Waals surface area contributed by atoms with Gasteiger partial charge in [0.05, 0.1) is 18.5 Å². The molecular weight excluding hydrogens is 467 g/mol. The number of aromatic nitrogens is 2. The molecule has 1 aromatic carbocycles. The summed E-state index contributed by atoms with van der Waals surface area (Å²) in [5.41, 5.74) is -0.386. The van der Waals surface area contributed by atoms with Gasteiger partial charge >= 0.3 is 12.3 Å². The number of rotatable bonds is 6. The molecule has 9 nitrogen and oxygen atoms in total. The molecule has 12 heteroatoms. The third-order valence-electron chi connectivity index (χ3n) is 5.21. The van der Waals surface area contributed by atoms with E-state index in [2.05, 4.69) is 20.6 Å². The third kappa shape index (κ3) is 5.70. The minimum absolute atomic E-state index is 0.0340. The standard InChI is InChI=1S/C23H22F3N5O4/c1-2-34-22(33)31-11-10-16(13-31)28-17-9-8-15(12-27-17)29-20(32)18-19(23(24,25)26)35-21(30-18)14-6-4-3-5-7-14/h3-9,12,16H,2,10-11,13H2,1H3,(H,27,28)(H,29,32). The van der Waals surface area contributed by atoms with Crippen LogP contribution < -0.4 is 10.6 Å². The first-order valence-electron chi connectivity index (χ1n) is 10.8. The molecule has 3 aromatic rings. The van der Waals surface area contributed by atoms with E-state index in [9.17, 15) is 22.8 Å². The zero-order valence-corrected chi connectivity index (χ0v) is 18.6.